The molecule has 0 aliphatic heterocycles. The zero-order chi connectivity index (χ0) is 15.6. The third kappa shape index (κ3) is 32.8. The number of carboxylic acids is 2. The van der Waals surface area contributed by atoms with Crippen molar-refractivity contribution in [3.63, 3.8) is 0 Å². The van der Waals surface area contributed by atoms with Gasteiger partial charge in [-0.05, 0) is 12.8 Å². The summed E-state index contributed by atoms with van der Waals surface area (Å²) in [7, 11) is 0. The van der Waals surface area contributed by atoms with Gasteiger partial charge in [0.25, 0.3) is 0 Å². The summed E-state index contributed by atoms with van der Waals surface area (Å²) in [4.78, 5) is 20.1. The van der Waals surface area contributed by atoms with Gasteiger partial charge in [0.2, 0.25) is 0 Å². The Labute approximate surface area is 142 Å². The monoisotopic (exact) mass is 391 g/mol. The summed E-state index contributed by atoms with van der Waals surface area (Å²) >= 11 is 0. The van der Waals surface area contributed by atoms with Gasteiger partial charge >= 0.3 is 11.9 Å². The van der Waals surface area contributed by atoms with Crippen LogP contribution in [0.25, 0.3) is 0 Å². The molecule has 0 saturated heterocycles. The fraction of sp³-hybridized carbons (Fsp3) is 0.875. The molecule has 2 N–H and O–H groups in total. The van der Waals surface area contributed by atoms with Crippen molar-refractivity contribution in [1.29, 1.82) is 0 Å². The quantitative estimate of drug-likeness (QED) is 0.368. The molecule has 0 amide bonds. The van der Waals surface area contributed by atoms with E-state index in [0.717, 1.165) is 25.7 Å². The van der Waals surface area contributed by atoms with E-state index in [2.05, 4.69) is 13.8 Å². The van der Waals surface area contributed by atoms with Crippen LogP contribution >= 0.6 is 0 Å². The second-order valence-electron chi connectivity index (χ2n) is 5.12. The third-order valence-electron chi connectivity index (χ3n) is 2.99. The second kappa shape index (κ2) is 21.9. The molecule has 0 aromatic rings. The van der Waals surface area contributed by atoms with Crippen LogP contribution in [-0.4, -0.2) is 22.2 Å². The zero-order valence-corrected chi connectivity index (χ0v) is 15.2. The van der Waals surface area contributed by atoms with E-state index >= 15 is 0 Å². The third-order valence-corrected chi connectivity index (χ3v) is 2.99. The molecular weight excluding hydrogens is 359 g/mol. The topological polar surface area (TPSA) is 74.6 Å². The molecule has 0 aliphatic rings. The molecule has 5 heteroatoms. The number of rotatable bonds is 12. The van der Waals surface area contributed by atoms with Gasteiger partial charge in [-0.25, -0.2) is 0 Å². The number of hydrogen-bond donors (Lipinski definition) is 2. The first-order valence-corrected chi connectivity index (χ1v) is 7.98. The number of unbranched alkanes of at least 4 members (excludes halogenated alkanes) is 8. The van der Waals surface area contributed by atoms with E-state index in [-0.39, 0.29) is 19.5 Å². The van der Waals surface area contributed by atoms with Crippen LogP contribution in [0, 0.1) is 0 Å². The Hall–Kier alpha value is -0.437. The Morgan fingerprint density at radius 2 is 0.905 bits per heavy atom. The summed E-state index contributed by atoms with van der Waals surface area (Å²) in [5.74, 6) is -1.34. The molecule has 4 nitrogen and oxygen atoms in total. The van der Waals surface area contributed by atoms with Crippen molar-refractivity contribution in [1.82, 2.24) is 0 Å². The zero-order valence-electron chi connectivity index (χ0n) is 13.5. The van der Waals surface area contributed by atoms with Crippen LogP contribution in [0.2, 0.25) is 0 Å². The molecule has 0 bridgehead atoms. The Morgan fingerprint density at radius 3 is 1.14 bits per heavy atom. The minimum Gasteiger partial charge on any atom is -0.481 e. The minimum atomic E-state index is -0.670. The van der Waals surface area contributed by atoms with Crippen LogP contribution in [0.4, 0.5) is 0 Å². The van der Waals surface area contributed by atoms with Crippen LogP contribution < -0.4 is 0 Å². The first kappa shape index (κ1) is 25.5. The van der Waals surface area contributed by atoms with Gasteiger partial charge in [0.1, 0.15) is 0 Å². The maximum Gasteiger partial charge on any atom is 0.303 e. The van der Waals surface area contributed by atoms with Crippen molar-refractivity contribution in [2.24, 2.45) is 0 Å². The van der Waals surface area contributed by atoms with Crippen LogP contribution in [0.3, 0.4) is 0 Å². The fourth-order valence-corrected chi connectivity index (χ4v) is 1.76. The Kier molecular flexibility index (Phi) is 26.6. The summed E-state index contributed by atoms with van der Waals surface area (Å²) in [5, 5.41) is 16.5. The number of aliphatic carboxylic acids is 2. The summed E-state index contributed by atoms with van der Waals surface area (Å²) in [6.07, 6.45) is 11.8. The molecule has 0 atom stereocenters. The average Bonchev–Trinajstić information content (AvgIpc) is 2.38. The normalized spacial score (nSPS) is 9.24. The number of hydrogen-bond acceptors (Lipinski definition) is 2. The second-order valence-corrected chi connectivity index (χ2v) is 5.12. The first-order chi connectivity index (χ1) is 9.54. The number of carboxylic acid groups (broad SMARTS) is 2. The molecule has 0 aromatic heterocycles. The fourth-order valence-electron chi connectivity index (χ4n) is 1.76. The van der Waals surface area contributed by atoms with Gasteiger partial charge in [0, 0.05) is 32.3 Å². The molecule has 0 heterocycles. The van der Waals surface area contributed by atoms with Crippen LogP contribution in [0.15, 0.2) is 0 Å². The van der Waals surface area contributed by atoms with Crippen LogP contribution in [-0.2, 0) is 29.1 Å². The Morgan fingerprint density at radius 1 is 0.619 bits per heavy atom. The molecular formula is C16H32O4Rh. The summed E-state index contributed by atoms with van der Waals surface area (Å²) in [6.45, 7) is 4.30. The molecule has 0 aromatic carbocycles. The predicted octanol–water partition coefficient (Wildman–Crippen LogP) is 4.86. The van der Waals surface area contributed by atoms with Gasteiger partial charge in [0.05, 0.1) is 0 Å². The summed E-state index contributed by atoms with van der Waals surface area (Å²) in [6, 6.07) is 0. The Bertz CT molecular complexity index is 208. The summed E-state index contributed by atoms with van der Waals surface area (Å²) in [5.41, 5.74) is 0. The van der Waals surface area contributed by atoms with Crippen molar-refractivity contribution < 1.29 is 39.3 Å². The van der Waals surface area contributed by atoms with Crippen LogP contribution in [0.1, 0.15) is 90.9 Å². The molecule has 0 spiro atoms. The molecule has 0 saturated carbocycles. The van der Waals surface area contributed by atoms with E-state index in [1.165, 1.54) is 38.5 Å². The molecule has 0 unspecified atom stereocenters. The minimum absolute atomic E-state index is 0. The molecule has 129 valence electrons. The molecule has 0 fully saturated rings. The van der Waals surface area contributed by atoms with Gasteiger partial charge in [0.15, 0.2) is 0 Å². The maximum absolute atomic E-state index is 10.0. The standard InChI is InChI=1S/2C8H16O2.Rh/c2*1-2-3-4-5-6-7-8(9)10;/h2*2-7H2,1H3,(H,9,10);. The van der Waals surface area contributed by atoms with Gasteiger partial charge in [-0.3, -0.25) is 9.59 Å². The van der Waals surface area contributed by atoms with Crippen molar-refractivity contribution >= 4 is 11.9 Å². The van der Waals surface area contributed by atoms with Gasteiger partial charge in [-0.15, -0.1) is 0 Å². The van der Waals surface area contributed by atoms with Crippen molar-refractivity contribution in [3.05, 3.63) is 0 Å². The molecule has 0 rings (SSSR count). The first-order valence-electron chi connectivity index (χ1n) is 7.98. The smallest absolute Gasteiger partial charge is 0.303 e. The van der Waals surface area contributed by atoms with E-state index in [9.17, 15) is 9.59 Å². The SMILES string of the molecule is CCCCCCCC(=O)O.CCCCCCCC(=O)O.[Rh]. The Balaban J connectivity index is -0.000000295. The van der Waals surface area contributed by atoms with E-state index in [1.54, 1.807) is 0 Å². The summed E-state index contributed by atoms with van der Waals surface area (Å²) < 4.78 is 0. The van der Waals surface area contributed by atoms with Crippen molar-refractivity contribution in [3.8, 4) is 0 Å². The average molecular weight is 391 g/mol. The van der Waals surface area contributed by atoms with E-state index < -0.39 is 11.9 Å². The predicted molar refractivity (Wildman–Crippen MR) is 82.0 cm³/mol. The van der Waals surface area contributed by atoms with Crippen molar-refractivity contribution in [2.45, 2.75) is 90.9 Å². The van der Waals surface area contributed by atoms with Gasteiger partial charge in [-0.1, -0.05) is 65.2 Å². The van der Waals surface area contributed by atoms with E-state index in [1.807, 2.05) is 0 Å². The molecule has 1 radical (unpaired) electrons. The van der Waals surface area contributed by atoms with E-state index in [0.29, 0.717) is 12.8 Å². The van der Waals surface area contributed by atoms with E-state index in [4.69, 9.17) is 10.2 Å². The van der Waals surface area contributed by atoms with Crippen LogP contribution in [0.5, 0.6) is 0 Å². The maximum atomic E-state index is 10.0. The van der Waals surface area contributed by atoms with Crippen molar-refractivity contribution in [2.75, 3.05) is 0 Å². The van der Waals surface area contributed by atoms with Gasteiger partial charge < -0.3 is 10.2 Å². The van der Waals surface area contributed by atoms with Gasteiger partial charge in [-0.2, -0.15) is 0 Å². The molecule has 0 aliphatic carbocycles. The number of carbonyl (C=O) groups is 2. The largest absolute Gasteiger partial charge is 0.481 e. The molecule has 21 heavy (non-hydrogen) atoms.